The second-order valence-corrected chi connectivity index (χ2v) is 6.77. The van der Waals surface area contributed by atoms with Crippen LogP contribution in [-0.2, 0) is 17.8 Å². The molecule has 2 N–H and O–H groups in total. The van der Waals surface area contributed by atoms with Crippen molar-refractivity contribution in [2.75, 3.05) is 19.6 Å². The fourth-order valence-electron chi connectivity index (χ4n) is 3.22. The van der Waals surface area contributed by atoms with Crippen LogP contribution in [0.4, 0.5) is 0 Å². The van der Waals surface area contributed by atoms with E-state index < -0.39 is 0 Å². The highest BCUT2D eigenvalue weighted by Gasteiger charge is 2.25. The molecule has 3 rings (SSSR count). The van der Waals surface area contributed by atoms with Crippen LogP contribution in [0.1, 0.15) is 23.1 Å². The third-order valence-corrected chi connectivity index (χ3v) is 4.88. The number of amides is 1. The van der Waals surface area contributed by atoms with Gasteiger partial charge in [0.15, 0.2) is 0 Å². The van der Waals surface area contributed by atoms with Gasteiger partial charge in [0, 0.05) is 13.1 Å². The third-order valence-electron chi connectivity index (χ3n) is 4.88. The molecule has 0 aliphatic carbocycles. The summed E-state index contributed by atoms with van der Waals surface area (Å²) in [6.45, 7) is 4.89. The lowest BCUT2D eigenvalue weighted by Crippen LogP contribution is -2.31. The van der Waals surface area contributed by atoms with Crippen LogP contribution in [0.25, 0.3) is 0 Å². The molecule has 2 aromatic carbocycles. The van der Waals surface area contributed by atoms with E-state index in [1.165, 1.54) is 11.1 Å². The molecule has 1 heterocycles. The van der Waals surface area contributed by atoms with E-state index in [2.05, 4.69) is 19.1 Å². The van der Waals surface area contributed by atoms with Gasteiger partial charge in [-0.3, -0.25) is 4.79 Å². The van der Waals surface area contributed by atoms with E-state index in [-0.39, 0.29) is 5.91 Å². The zero-order valence-corrected chi connectivity index (χ0v) is 14.8. The fourth-order valence-corrected chi connectivity index (χ4v) is 3.22. The van der Waals surface area contributed by atoms with Crippen LogP contribution in [0, 0.1) is 12.8 Å². The van der Waals surface area contributed by atoms with Gasteiger partial charge in [-0.25, -0.2) is 0 Å². The lowest BCUT2D eigenvalue weighted by atomic mass is 10.1. The molecule has 0 bridgehead atoms. The van der Waals surface area contributed by atoms with Gasteiger partial charge in [-0.05, 0) is 54.6 Å². The quantitative estimate of drug-likeness (QED) is 0.881. The number of nitrogens with two attached hydrogens (primary N) is 1. The fraction of sp³-hybridized carbons (Fsp3) is 0.381. The van der Waals surface area contributed by atoms with Gasteiger partial charge in [0.25, 0.3) is 0 Å². The molecule has 132 valence electrons. The largest absolute Gasteiger partial charge is 0.489 e. The molecular formula is C21H26N2O2. The number of benzene rings is 2. The van der Waals surface area contributed by atoms with E-state index in [0.29, 0.717) is 25.5 Å². The van der Waals surface area contributed by atoms with Crippen molar-refractivity contribution in [2.45, 2.75) is 26.4 Å². The van der Waals surface area contributed by atoms with Gasteiger partial charge >= 0.3 is 0 Å². The number of nitrogens with zero attached hydrogens (tertiary/aromatic N) is 1. The molecule has 0 spiro atoms. The number of ether oxygens (including phenoxy) is 1. The number of aryl methyl sites for hydroxylation is 1. The first-order valence-corrected chi connectivity index (χ1v) is 8.90. The van der Waals surface area contributed by atoms with Crippen molar-refractivity contribution in [3.63, 3.8) is 0 Å². The van der Waals surface area contributed by atoms with Gasteiger partial charge in [-0.2, -0.15) is 0 Å². The summed E-state index contributed by atoms with van der Waals surface area (Å²) in [5, 5.41) is 0. The smallest absolute Gasteiger partial charge is 0.227 e. The molecule has 1 amide bonds. The van der Waals surface area contributed by atoms with Crippen LogP contribution in [0.2, 0.25) is 0 Å². The maximum Gasteiger partial charge on any atom is 0.227 e. The van der Waals surface area contributed by atoms with E-state index in [1.807, 2.05) is 41.3 Å². The minimum absolute atomic E-state index is 0.173. The van der Waals surface area contributed by atoms with Crippen molar-refractivity contribution in [1.82, 2.24) is 4.90 Å². The van der Waals surface area contributed by atoms with E-state index >= 15 is 0 Å². The zero-order valence-electron chi connectivity index (χ0n) is 14.8. The lowest BCUT2D eigenvalue weighted by molar-refractivity contribution is -0.129. The summed E-state index contributed by atoms with van der Waals surface area (Å²) >= 11 is 0. The van der Waals surface area contributed by atoms with Crippen LogP contribution >= 0.6 is 0 Å². The SMILES string of the molecule is Cc1ccccc1COc1cccc(CC(=O)N2CCC(CN)C2)c1. The predicted octanol–water partition coefficient (Wildman–Crippen LogP) is 2.92. The number of carbonyl (C=O) groups excluding carboxylic acids is 1. The number of carbonyl (C=O) groups is 1. The van der Waals surface area contributed by atoms with Crippen molar-refractivity contribution in [3.8, 4) is 5.75 Å². The number of hydrogen-bond donors (Lipinski definition) is 1. The summed E-state index contributed by atoms with van der Waals surface area (Å²) in [5.41, 5.74) is 9.09. The Kier molecular flexibility index (Phi) is 5.71. The molecule has 0 saturated carbocycles. The van der Waals surface area contributed by atoms with E-state index in [1.54, 1.807) is 0 Å². The number of likely N-dealkylation sites (tertiary alicyclic amines) is 1. The lowest BCUT2D eigenvalue weighted by Gasteiger charge is -2.16. The maximum atomic E-state index is 12.5. The van der Waals surface area contributed by atoms with Crippen LogP contribution < -0.4 is 10.5 Å². The Morgan fingerprint density at radius 1 is 1.24 bits per heavy atom. The molecule has 0 aromatic heterocycles. The third kappa shape index (κ3) is 4.60. The van der Waals surface area contributed by atoms with Crippen LogP contribution in [-0.4, -0.2) is 30.4 Å². The number of hydrogen-bond acceptors (Lipinski definition) is 3. The van der Waals surface area contributed by atoms with Gasteiger partial charge in [0.1, 0.15) is 12.4 Å². The molecule has 4 heteroatoms. The molecule has 1 aliphatic heterocycles. The van der Waals surface area contributed by atoms with Crippen LogP contribution in [0.15, 0.2) is 48.5 Å². The Labute approximate surface area is 149 Å². The molecule has 1 unspecified atom stereocenters. The van der Waals surface area contributed by atoms with Gasteiger partial charge in [0.05, 0.1) is 6.42 Å². The van der Waals surface area contributed by atoms with Crippen molar-refractivity contribution in [3.05, 3.63) is 65.2 Å². The highest BCUT2D eigenvalue weighted by molar-refractivity contribution is 5.79. The topological polar surface area (TPSA) is 55.6 Å². The second-order valence-electron chi connectivity index (χ2n) is 6.77. The number of rotatable bonds is 6. The van der Waals surface area contributed by atoms with Gasteiger partial charge in [-0.1, -0.05) is 36.4 Å². The van der Waals surface area contributed by atoms with E-state index in [9.17, 15) is 4.79 Å². The molecule has 0 radical (unpaired) electrons. The first-order valence-electron chi connectivity index (χ1n) is 8.90. The van der Waals surface area contributed by atoms with Crippen molar-refractivity contribution in [2.24, 2.45) is 11.7 Å². The summed E-state index contributed by atoms with van der Waals surface area (Å²) in [6.07, 6.45) is 1.43. The monoisotopic (exact) mass is 338 g/mol. The Bertz CT molecular complexity index is 729. The Morgan fingerprint density at radius 2 is 2.08 bits per heavy atom. The summed E-state index contributed by atoms with van der Waals surface area (Å²) in [5.74, 6) is 1.43. The summed E-state index contributed by atoms with van der Waals surface area (Å²) in [7, 11) is 0. The first-order chi connectivity index (χ1) is 12.2. The standard InChI is InChI=1S/C21H26N2O2/c1-16-5-2-3-7-19(16)15-25-20-8-4-6-17(11-20)12-21(24)23-10-9-18(13-22)14-23/h2-8,11,18H,9-10,12-15,22H2,1H3. The normalized spacial score (nSPS) is 16.9. The Balaban J connectivity index is 1.58. The molecule has 1 fully saturated rings. The molecule has 1 atom stereocenters. The van der Waals surface area contributed by atoms with Crippen LogP contribution in [0.3, 0.4) is 0 Å². The highest BCUT2D eigenvalue weighted by Crippen LogP contribution is 2.19. The van der Waals surface area contributed by atoms with Crippen molar-refractivity contribution in [1.29, 1.82) is 0 Å². The first kappa shape index (κ1) is 17.5. The van der Waals surface area contributed by atoms with Crippen LogP contribution in [0.5, 0.6) is 5.75 Å². The molecule has 1 aliphatic rings. The minimum Gasteiger partial charge on any atom is -0.489 e. The van der Waals surface area contributed by atoms with Gasteiger partial charge in [0.2, 0.25) is 5.91 Å². The van der Waals surface area contributed by atoms with Gasteiger partial charge in [-0.15, -0.1) is 0 Å². The predicted molar refractivity (Wildman–Crippen MR) is 99.4 cm³/mol. The molecule has 2 aromatic rings. The average Bonchev–Trinajstić information content (AvgIpc) is 3.11. The summed E-state index contributed by atoms with van der Waals surface area (Å²) < 4.78 is 5.91. The average molecular weight is 338 g/mol. The Morgan fingerprint density at radius 3 is 2.84 bits per heavy atom. The second kappa shape index (κ2) is 8.17. The summed E-state index contributed by atoms with van der Waals surface area (Å²) in [4.78, 5) is 14.4. The molecule has 1 saturated heterocycles. The zero-order chi connectivity index (χ0) is 17.6. The van der Waals surface area contributed by atoms with Crippen molar-refractivity contribution < 1.29 is 9.53 Å². The maximum absolute atomic E-state index is 12.5. The van der Waals surface area contributed by atoms with Crippen molar-refractivity contribution >= 4 is 5.91 Å². The molecular weight excluding hydrogens is 312 g/mol. The van der Waals surface area contributed by atoms with E-state index in [4.69, 9.17) is 10.5 Å². The summed E-state index contributed by atoms with van der Waals surface area (Å²) in [6, 6.07) is 16.0. The highest BCUT2D eigenvalue weighted by atomic mass is 16.5. The molecule has 4 nitrogen and oxygen atoms in total. The minimum atomic E-state index is 0.173. The van der Waals surface area contributed by atoms with Gasteiger partial charge < -0.3 is 15.4 Å². The molecule has 25 heavy (non-hydrogen) atoms. The Hall–Kier alpha value is -2.33. The van der Waals surface area contributed by atoms with E-state index in [0.717, 1.165) is 30.8 Å².